The van der Waals surface area contributed by atoms with Crippen molar-refractivity contribution in [1.29, 1.82) is 0 Å². The average Bonchev–Trinajstić information content (AvgIpc) is 2.94. The van der Waals surface area contributed by atoms with Crippen molar-refractivity contribution in [3.63, 3.8) is 0 Å². The molecule has 4 heteroatoms. The van der Waals surface area contributed by atoms with E-state index in [4.69, 9.17) is 9.47 Å². The summed E-state index contributed by atoms with van der Waals surface area (Å²) in [5.74, 6) is 1.58. The maximum Gasteiger partial charge on any atom is 0.119 e. The number of fused-ring (bicyclic) bond motifs is 1. The molecule has 120 valence electrons. The van der Waals surface area contributed by atoms with Gasteiger partial charge in [0.1, 0.15) is 5.75 Å². The summed E-state index contributed by atoms with van der Waals surface area (Å²) >= 11 is 0. The van der Waals surface area contributed by atoms with Gasteiger partial charge in [0, 0.05) is 30.3 Å². The third-order valence-electron chi connectivity index (χ3n) is 4.58. The Balaban J connectivity index is 1.97. The molecular weight excluding hydrogens is 276 g/mol. The van der Waals surface area contributed by atoms with E-state index in [0.717, 1.165) is 38.6 Å². The molecule has 2 aromatic rings. The Hall–Kier alpha value is -1.52. The van der Waals surface area contributed by atoms with E-state index in [9.17, 15) is 0 Å². The number of nitrogens with zero attached hydrogens (tertiary/aromatic N) is 1. The summed E-state index contributed by atoms with van der Waals surface area (Å²) in [4.78, 5) is 0. The van der Waals surface area contributed by atoms with Crippen LogP contribution in [0.15, 0.2) is 24.4 Å². The lowest BCUT2D eigenvalue weighted by Crippen LogP contribution is -2.26. The number of nitrogens with one attached hydrogen (secondary N) is 1. The van der Waals surface area contributed by atoms with Gasteiger partial charge in [-0.25, -0.2) is 0 Å². The largest absolute Gasteiger partial charge is 0.497 e. The number of benzene rings is 1. The Morgan fingerprint density at radius 2 is 2.09 bits per heavy atom. The molecule has 1 aliphatic heterocycles. The van der Waals surface area contributed by atoms with Gasteiger partial charge in [-0.15, -0.1) is 0 Å². The quantitative estimate of drug-likeness (QED) is 0.833. The monoisotopic (exact) mass is 302 g/mol. The second-order valence-electron chi connectivity index (χ2n) is 5.88. The first-order chi connectivity index (χ1) is 10.8. The second-order valence-corrected chi connectivity index (χ2v) is 5.88. The van der Waals surface area contributed by atoms with Crippen LogP contribution < -0.4 is 10.1 Å². The van der Waals surface area contributed by atoms with Crippen LogP contribution in [0.5, 0.6) is 5.75 Å². The highest BCUT2D eigenvalue weighted by Gasteiger charge is 2.20. The first kappa shape index (κ1) is 15.4. The van der Waals surface area contributed by atoms with Gasteiger partial charge in [0.15, 0.2) is 0 Å². The molecule has 0 unspecified atom stereocenters. The lowest BCUT2D eigenvalue weighted by molar-refractivity contribution is 0.140. The van der Waals surface area contributed by atoms with Crippen LogP contribution in [0.4, 0.5) is 0 Å². The Bertz CT molecular complexity index is 615. The van der Waals surface area contributed by atoms with Crippen LogP contribution in [-0.4, -0.2) is 38.0 Å². The highest BCUT2D eigenvalue weighted by molar-refractivity contribution is 5.86. The zero-order valence-corrected chi connectivity index (χ0v) is 13.6. The lowest BCUT2D eigenvalue weighted by atomic mass is 9.90. The van der Waals surface area contributed by atoms with Gasteiger partial charge in [0.2, 0.25) is 0 Å². The van der Waals surface area contributed by atoms with E-state index in [-0.39, 0.29) is 0 Å². The van der Waals surface area contributed by atoms with Crippen molar-refractivity contribution in [2.75, 3.05) is 33.4 Å². The van der Waals surface area contributed by atoms with Crippen molar-refractivity contribution in [2.45, 2.75) is 32.2 Å². The van der Waals surface area contributed by atoms with Crippen molar-refractivity contribution >= 4 is 10.9 Å². The molecule has 0 amide bonds. The number of piperidine rings is 1. The smallest absolute Gasteiger partial charge is 0.119 e. The van der Waals surface area contributed by atoms with Crippen LogP contribution in [0.2, 0.25) is 0 Å². The van der Waals surface area contributed by atoms with E-state index in [1.807, 2.05) is 13.0 Å². The van der Waals surface area contributed by atoms with E-state index in [0.29, 0.717) is 5.92 Å². The predicted molar refractivity (Wildman–Crippen MR) is 89.8 cm³/mol. The van der Waals surface area contributed by atoms with Crippen molar-refractivity contribution < 1.29 is 9.47 Å². The van der Waals surface area contributed by atoms with Crippen molar-refractivity contribution in [1.82, 2.24) is 9.88 Å². The van der Waals surface area contributed by atoms with Gasteiger partial charge < -0.3 is 19.4 Å². The molecule has 1 N–H and O–H groups in total. The standard InChI is InChI=1S/C18H26N2O2/c1-3-22-11-10-20-13-17(14-6-8-19-9-7-14)16-12-15(21-2)4-5-18(16)20/h4-5,12-14,19H,3,6-11H2,1-2H3. The summed E-state index contributed by atoms with van der Waals surface area (Å²) in [6.45, 7) is 6.70. The van der Waals surface area contributed by atoms with Gasteiger partial charge in [-0.3, -0.25) is 0 Å². The van der Waals surface area contributed by atoms with E-state index in [2.05, 4.69) is 28.2 Å². The van der Waals surface area contributed by atoms with Gasteiger partial charge in [0.05, 0.1) is 13.7 Å². The van der Waals surface area contributed by atoms with Crippen molar-refractivity contribution in [3.8, 4) is 5.75 Å². The van der Waals surface area contributed by atoms with Gasteiger partial charge in [-0.05, 0) is 62.5 Å². The summed E-state index contributed by atoms with van der Waals surface area (Å²) in [5.41, 5.74) is 2.75. The van der Waals surface area contributed by atoms with E-state index in [1.165, 1.54) is 29.3 Å². The summed E-state index contributed by atoms with van der Waals surface area (Å²) in [5, 5.41) is 4.79. The molecule has 1 aliphatic rings. The normalized spacial score (nSPS) is 16.3. The van der Waals surface area contributed by atoms with Crippen molar-refractivity contribution in [2.24, 2.45) is 0 Å². The van der Waals surface area contributed by atoms with Gasteiger partial charge in [-0.1, -0.05) is 0 Å². The maximum atomic E-state index is 5.53. The van der Waals surface area contributed by atoms with E-state index in [1.54, 1.807) is 7.11 Å². The lowest BCUT2D eigenvalue weighted by Gasteiger charge is -2.22. The third-order valence-corrected chi connectivity index (χ3v) is 4.58. The predicted octanol–water partition coefficient (Wildman–Crippen LogP) is 3.15. The zero-order valence-electron chi connectivity index (χ0n) is 13.6. The molecule has 1 aromatic carbocycles. The highest BCUT2D eigenvalue weighted by Crippen LogP contribution is 2.34. The number of hydrogen-bond donors (Lipinski definition) is 1. The van der Waals surface area contributed by atoms with E-state index >= 15 is 0 Å². The number of aromatic nitrogens is 1. The number of rotatable bonds is 6. The number of hydrogen-bond acceptors (Lipinski definition) is 3. The fourth-order valence-corrected chi connectivity index (χ4v) is 3.38. The summed E-state index contributed by atoms with van der Waals surface area (Å²) < 4.78 is 13.3. The first-order valence-corrected chi connectivity index (χ1v) is 8.28. The molecule has 2 heterocycles. The fraction of sp³-hybridized carbons (Fsp3) is 0.556. The number of methoxy groups -OCH3 is 1. The average molecular weight is 302 g/mol. The SMILES string of the molecule is CCOCCn1cc(C2CCNCC2)c2cc(OC)ccc21. The number of ether oxygens (including phenoxy) is 2. The molecule has 1 aromatic heterocycles. The van der Waals surface area contributed by atoms with Crippen LogP contribution in [0.3, 0.4) is 0 Å². The van der Waals surface area contributed by atoms with Crippen molar-refractivity contribution in [3.05, 3.63) is 30.0 Å². The topological polar surface area (TPSA) is 35.4 Å². The summed E-state index contributed by atoms with van der Waals surface area (Å²) in [6.07, 6.45) is 4.75. The van der Waals surface area contributed by atoms with Crippen LogP contribution in [0, 0.1) is 0 Å². The molecule has 0 atom stereocenters. The van der Waals surface area contributed by atoms with Crippen LogP contribution >= 0.6 is 0 Å². The minimum absolute atomic E-state index is 0.643. The molecule has 0 spiro atoms. The Kier molecular flexibility index (Phi) is 5.01. The molecule has 4 nitrogen and oxygen atoms in total. The molecule has 0 bridgehead atoms. The summed E-state index contributed by atoms with van der Waals surface area (Å²) in [6, 6.07) is 6.40. The first-order valence-electron chi connectivity index (χ1n) is 8.28. The summed E-state index contributed by atoms with van der Waals surface area (Å²) in [7, 11) is 1.73. The molecule has 0 saturated carbocycles. The minimum Gasteiger partial charge on any atom is -0.497 e. The molecule has 0 aliphatic carbocycles. The van der Waals surface area contributed by atoms with Crippen LogP contribution in [0.1, 0.15) is 31.2 Å². The van der Waals surface area contributed by atoms with Crippen LogP contribution in [0.25, 0.3) is 10.9 Å². The molecule has 22 heavy (non-hydrogen) atoms. The Labute approximate surface area is 132 Å². The molecule has 1 saturated heterocycles. The van der Waals surface area contributed by atoms with Gasteiger partial charge >= 0.3 is 0 Å². The third kappa shape index (κ3) is 3.13. The minimum atomic E-state index is 0.643. The Morgan fingerprint density at radius 1 is 1.27 bits per heavy atom. The second kappa shape index (κ2) is 7.16. The maximum absolute atomic E-state index is 5.53. The highest BCUT2D eigenvalue weighted by atomic mass is 16.5. The fourth-order valence-electron chi connectivity index (χ4n) is 3.38. The van der Waals surface area contributed by atoms with Crippen LogP contribution in [-0.2, 0) is 11.3 Å². The van der Waals surface area contributed by atoms with E-state index < -0.39 is 0 Å². The molecule has 3 rings (SSSR count). The molecular formula is C18H26N2O2. The Morgan fingerprint density at radius 3 is 2.82 bits per heavy atom. The zero-order chi connectivity index (χ0) is 15.4. The van der Waals surface area contributed by atoms with Gasteiger partial charge in [-0.2, -0.15) is 0 Å². The molecule has 1 fully saturated rings. The van der Waals surface area contributed by atoms with Gasteiger partial charge in [0.25, 0.3) is 0 Å². The molecule has 0 radical (unpaired) electrons.